The molecule has 0 heterocycles. The Morgan fingerprint density at radius 2 is 1.58 bits per heavy atom. The van der Waals surface area contributed by atoms with Gasteiger partial charge in [0.15, 0.2) is 0 Å². The van der Waals surface area contributed by atoms with Crippen molar-refractivity contribution in [1.82, 2.24) is 0 Å². The van der Waals surface area contributed by atoms with E-state index in [-0.39, 0.29) is 12.1 Å². The zero-order valence-electron chi connectivity index (χ0n) is 14.7. The number of rotatable bonds is 9. The minimum Gasteiger partial charge on any atom is -0.481 e. The van der Waals surface area contributed by atoms with Gasteiger partial charge in [-0.1, -0.05) is 24.3 Å². The maximum atomic E-state index is 10.6. The van der Waals surface area contributed by atoms with Crippen LogP contribution < -0.4 is 4.90 Å². The van der Waals surface area contributed by atoms with Gasteiger partial charge in [0, 0.05) is 37.8 Å². The average molecular weight is 354 g/mol. The minimum absolute atomic E-state index is 0.0814. The fraction of sp³-hybridized carbons (Fsp3) is 0.250. The topological polar surface area (TPSA) is 83.7 Å². The molecule has 6 nitrogen and oxygen atoms in total. The third-order valence-corrected chi connectivity index (χ3v) is 4.04. The van der Waals surface area contributed by atoms with Crippen molar-refractivity contribution in [3.05, 3.63) is 69.8 Å². The van der Waals surface area contributed by atoms with Gasteiger partial charge in [-0.15, -0.1) is 0 Å². The first kappa shape index (κ1) is 19.2. The van der Waals surface area contributed by atoms with Gasteiger partial charge in [-0.25, -0.2) is 0 Å². The zero-order valence-corrected chi connectivity index (χ0v) is 14.7. The zero-order chi connectivity index (χ0) is 18.9. The van der Waals surface area contributed by atoms with Gasteiger partial charge in [-0.2, -0.15) is 0 Å². The van der Waals surface area contributed by atoms with Gasteiger partial charge >= 0.3 is 5.97 Å². The highest BCUT2D eigenvalue weighted by Gasteiger charge is 2.03. The van der Waals surface area contributed by atoms with E-state index < -0.39 is 10.9 Å². The fourth-order valence-electron chi connectivity index (χ4n) is 2.49. The molecule has 1 N–H and O–H groups in total. The van der Waals surface area contributed by atoms with Crippen LogP contribution in [0.1, 0.15) is 30.4 Å². The molecule has 0 radical (unpaired) electrons. The van der Waals surface area contributed by atoms with Gasteiger partial charge in [0.25, 0.3) is 5.69 Å². The molecule has 0 unspecified atom stereocenters. The number of non-ortho nitro benzene ring substituents is 1. The molecule has 0 aliphatic carbocycles. The molecule has 2 rings (SSSR count). The Morgan fingerprint density at radius 1 is 1.04 bits per heavy atom. The summed E-state index contributed by atoms with van der Waals surface area (Å²) >= 11 is 0. The van der Waals surface area contributed by atoms with E-state index in [0.29, 0.717) is 6.42 Å². The van der Waals surface area contributed by atoms with Crippen molar-refractivity contribution in [3.8, 4) is 0 Å². The maximum absolute atomic E-state index is 10.6. The van der Waals surface area contributed by atoms with Gasteiger partial charge in [-0.3, -0.25) is 14.9 Å². The third kappa shape index (κ3) is 6.05. The second kappa shape index (κ2) is 9.36. The van der Waals surface area contributed by atoms with Crippen molar-refractivity contribution < 1.29 is 14.8 Å². The predicted molar refractivity (Wildman–Crippen MR) is 103 cm³/mol. The van der Waals surface area contributed by atoms with Crippen LogP contribution in [-0.2, 0) is 4.79 Å². The van der Waals surface area contributed by atoms with Gasteiger partial charge in [0.2, 0.25) is 0 Å². The number of carboxylic acids is 1. The first-order chi connectivity index (χ1) is 12.5. The maximum Gasteiger partial charge on any atom is 0.303 e. The first-order valence-electron chi connectivity index (χ1n) is 8.41. The van der Waals surface area contributed by atoms with Gasteiger partial charge in [-0.05, 0) is 48.2 Å². The summed E-state index contributed by atoms with van der Waals surface area (Å²) in [6.07, 6.45) is 5.59. The Hall–Kier alpha value is -3.15. The van der Waals surface area contributed by atoms with E-state index >= 15 is 0 Å². The van der Waals surface area contributed by atoms with Crippen molar-refractivity contribution in [2.24, 2.45) is 0 Å². The number of hydrogen-bond donors (Lipinski definition) is 1. The Bertz CT molecular complexity index is 767. The van der Waals surface area contributed by atoms with E-state index in [4.69, 9.17) is 5.11 Å². The molecule has 2 aromatic rings. The molecule has 0 saturated heterocycles. The van der Waals surface area contributed by atoms with Crippen LogP contribution >= 0.6 is 0 Å². The number of nitrogens with zero attached hydrogens (tertiary/aromatic N) is 2. The molecule has 0 fully saturated rings. The highest BCUT2D eigenvalue weighted by atomic mass is 16.6. The summed E-state index contributed by atoms with van der Waals surface area (Å²) in [7, 11) is 1.99. The van der Waals surface area contributed by atoms with Crippen LogP contribution in [0.15, 0.2) is 48.5 Å². The van der Waals surface area contributed by atoms with E-state index in [9.17, 15) is 14.9 Å². The van der Waals surface area contributed by atoms with Crippen molar-refractivity contribution in [2.45, 2.75) is 19.3 Å². The largest absolute Gasteiger partial charge is 0.481 e. The number of aliphatic carboxylic acids is 1. The smallest absolute Gasteiger partial charge is 0.303 e. The quantitative estimate of drug-likeness (QED) is 0.311. The average Bonchev–Trinajstić information content (AvgIpc) is 2.64. The van der Waals surface area contributed by atoms with Gasteiger partial charge in [0.1, 0.15) is 0 Å². The number of unbranched alkanes of at least 4 members (excludes halogenated alkanes) is 1. The number of benzene rings is 2. The Balaban J connectivity index is 1.89. The Kier molecular flexibility index (Phi) is 6.91. The van der Waals surface area contributed by atoms with E-state index in [1.165, 1.54) is 12.1 Å². The van der Waals surface area contributed by atoms with E-state index in [1.54, 1.807) is 12.1 Å². The Morgan fingerprint density at radius 3 is 2.08 bits per heavy atom. The predicted octanol–water partition coefficient (Wildman–Crippen LogP) is 4.46. The second-order valence-corrected chi connectivity index (χ2v) is 6.05. The van der Waals surface area contributed by atoms with Crippen LogP contribution in [0, 0.1) is 10.1 Å². The van der Waals surface area contributed by atoms with Gasteiger partial charge in [0.05, 0.1) is 4.92 Å². The number of nitro benzene ring substituents is 1. The number of anilines is 1. The normalized spacial score (nSPS) is 10.8. The molecule has 6 heteroatoms. The summed E-state index contributed by atoms with van der Waals surface area (Å²) in [4.78, 5) is 22.9. The molecular formula is C20H22N2O4. The van der Waals surface area contributed by atoms with Gasteiger partial charge < -0.3 is 10.0 Å². The molecule has 0 spiro atoms. The van der Waals surface area contributed by atoms with E-state index in [0.717, 1.165) is 29.8 Å². The van der Waals surface area contributed by atoms with E-state index in [1.807, 2.05) is 43.5 Å². The van der Waals surface area contributed by atoms with Crippen molar-refractivity contribution in [1.29, 1.82) is 0 Å². The molecule has 0 saturated carbocycles. The molecule has 0 aromatic heterocycles. The molecule has 2 aromatic carbocycles. The summed E-state index contributed by atoms with van der Waals surface area (Å²) in [5.74, 6) is -0.753. The SMILES string of the molecule is CN(CCCCC(=O)O)c1ccc(/C=C/c2ccc([N+](=O)[O-])cc2)cc1. The van der Waals surface area contributed by atoms with E-state index in [2.05, 4.69) is 4.90 Å². The Labute approximate surface area is 152 Å². The lowest BCUT2D eigenvalue weighted by Crippen LogP contribution is -2.18. The monoisotopic (exact) mass is 354 g/mol. The minimum atomic E-state index is -0.753. The summed E-state index contributed by atoms with van der Waals surface area (Å²) < 4.78 is 0. The molecule has 0 amide bonds. The van der Waals surface area contributed by atoms with Crippen LogP contribution in [0.5, 0.6) is 0 Å². The van der Waals surface area contributed by atoms with Crippen molar-refractivity contribution in [2.75, 3.05) is 18.5 Å². The number of hydrogen-bond acceptors (Lipinski definition) is 4. The lowest BCUT2D eigenvalue weighted by atomic mass is 10.1. The third-order valence-electron chi connectivity index (χ3n) is 4.04. The summed E-state index contributed by atoms with van der Waals surface area (Å²) in [5.41, 5.74) is 3.09. The molecule has 0 aliphatic heterocycles. The number of nitro groups is 1. The van der Waals surface area contributed by atoms with Crippen molar-refractivity contribution >= 4 is 29.5 Å². The van der Waals surface area contributed by atoms with Crippen LogP contribution in [0.3, 0.4) is 0 Å². The summed E-state index contributed by atoms with van der Waals surface area (Å²) in [5, 5.41) is 19.3. The highest BCUT2D eigenvalue weighted by molar-refractivity contribution is 5.71. The van der Waals surface area contributed by atoms with Crippen LogP contribution in [0.4, 0.5) is 11.4 Å². The standard InChI is InChI=1S/C20H22N2O4/c1-21(15-3-2-4-20(23)24)18-11-7-16(8-12-18)5-6-17-9-13-19(14-10-17)22(25)26/h5-14H,2-4,15H2,1H3,(H,23,24)/b6-5+. The summed E-state index contributed by atoms with van der Waals surface area (Å²) in [6.45, 7) is 0.811. The molecule has 26 heavy (non-hydrogen) atoms. The van der Waals surface area contributed by atoms with Crippen LogP contribution in [0.25, 0.3) is 12.2 Å². The number of carboxylic acid groups (broad SMARTS) is 1. The molecule has 0 atom stereocenters. The fourth-order valence-corrected chi connectivity index (χ4v) is 2.49. The summed E-state index contributed by atoms with van der Waals surface area (Å²) in [6, 6.07) is 14.5. The first-order valence-corrected chi connectivity index (χ1v) is 8.41. The highest BCUT2D eigenvalue weighted by Crippen LogP contribution is 2.17. The molecule has 136 valence electrons. The molecular weight excluding hydrogens is 332 g/mol. The number of carbonyl (C=O) groups is 1. The molecule has 0 bridgehead atoms. The van der Waals surface area contributed by atoms with Crippen molar-refractivity contribution in [3.63, 3.8) is 0 Å². The second-order valence-electron chi connectivity index (χ2n) is 6.05. The lowest BCUT2D eigenvalue weighted by molar-refractivity contribution is -0.384. The molecule has 0 aliphatic rings. The lowest BCUT2D eigenvalue weighted by Gasteiger charge is -2.19. The van der Waals surface area contributed by atoms with Crippen LogP contribution in [0.2, 0.25) is 0 Å². The van der Waals surface area contributed by atoms with Crippen LogP contribution in [-0.4, -0.2) is 29.6 Å².